The fourth-order valence-corrected chi connectivity index (χ4v) is 6.12. The van der Waals surface area contributed by atoms with Crippen molar-refractivity contribution in [1.82, 2.24) is 4.98 Å². The van der Waals surface area contributed by atoms with Gasteiger partial charge in [0.05, 0.1) is 35.0 Å². The number of anilines is 1. The summed E-state index contributed by atoms with van der Waals surface area (Å²) < 4.78 is 12.4. The van der Waals surface area contributed by atoms with Crippen molar-refractivity contribution in [2.45, 2.75) is 46.6 Å². The number of hydrogen-bond acceptors (Lipinski definition) is 7. The number of rotatable bonds is 9. The quantitative estimate of drug-likeness (QED) is 0.102. The van der Waals surface area contributed by atoms with Crippen LogP contribution in [0.4, 0.5) is 5.13 Å². The van der Waals surface area contributed by atoms with Crippen LogP contribution in [0.3, 0.4) is 0 Å². The Hall–Kier alpha value is -4.17. The molecule has 206 valence electrons. The highest BCUT2D eigenvalue weighted by molar-refractivity contribution is 7.22. The highest BCUT2D eigenvalue weighted by atomic mass is 32.1. The Balaban J connectivity index is 1.67. The van der Waals surface area contributed by atoms with E-state index in [4.69, 9.17) is 14.5 Å². The van der Waals surface area contributed by atoms with Crippen LogP contribution in [0.2, 0.25) is 0 Å². The van der Waals surface area contributed by atoms with Crippen molar-refractivity contribution in [3.8, 4) is 11.5 Å². The number of hydrogen-bond donors (Lipinski definition) is 1. The standard InChI is InChI=1S/C32H32N2O5S/c1-5-7-15-39-24-10-8-9-22(18-24)28-26(29(35)21-11-13-23(14-12-21)38-6-2)30(36)31(37)34(28)32-33-27-20(4)16-19(3)17-25(27)40-32/h8-14,16-18,28,35H,5-7,15H2,1-4H3/b29-26+. The topological polar surface area (TPSA) is 89.0 Å². The van der Waals surface area contributed by atoms with E-state index < -0.39 is 17.7 Å². The molecule has 4 aromatic rings. The molecule has 1 aromatic heterocycles. The number of nitrogens with zero attached hydrogens (tertiary/aromatic N) is 2. The molecule has 1 fully saturated rings. The summed E-state index contributed by atoms with van der Waals surface area (Å²) in [5, 5.41) is 11.9. The first-order valence-corrected chi connectivity index (χ1v) is 14.3. The number of aliphatic hydroxyl groups is 1. The van der Waals surface area contributed by atoms with Crippen LogP contribution >= 0.6 is 11.3 Å². The maximum atomic E-state index is 13.6. The highest BCUT2D eigenvalue weighted by Gasteiger charge is 2.48. The molecule has 1 saturated heterocycles. The van der Waals surface area contributed by atoms with Crippen LogP contribution in [0.25, 0.3) is 16.0 Å². The van der Waals surface area contributed by atoms with Gasteiger partial charge >= 0.3 is 5.91 Å². The minimum Gasteiger partial charge on any atom is -0.507 e. The molecular formula is C32H32N2O5S. The van der Waals surface area contributed by atoms with Gasteiger partial charge in [-0.15, -0.1) is 0 Å². The molecule has 0 bridgehead atoms. The van der Waals surface area contributed by atoms with Gasteiger partial charge in [-0.2, -0.15) is 0 Å². The summed E-state index contributed by atoms with van der Waals surface area (Å²) in [4.78, 5) is 33.5. The van der Waals surface area contributed by atoms with Crippen LogP contribution in [-0.4, -0.2) is 35.0 Å². The van der Waals surface area contributed by atoms with Gasteiger partial charge < -0.3 is 14.6 Å². The van der Waals surface area contributed by atoms with Crippen LogP contribution in [0.1, 0.15) is 55.0 Å². The molecule has 0 aliphatic carbocycles. The first-order chi connectivity index (χ1) is 19.3. The molecule has 1 N–H and O–H groups in total. The molecule has 2 heterocycles. The van der Waals surface area contributed by atoms with E-state index in [0.29, 0.717) is 41.0 Å². The molecule has 0 spiro atoms. The van der Waals surface area contributed by atoms with E-state index in [1.54, 1.807) is 24.3 Å². The average Bonchev–Trinajstić information content (AvgIpc) is 3.47. The molecule has 0 radical (unpaired) electrons. The summed E-state index contributed by atoms with van der Waals surface area (Å²) in [5.41, 5.74) is 3.93. The minimum absolute atomic E-state index is 0.00651. The van der Waals surface area contributed by atoms with E-state index in [1.807, 2.05) is 57.2 Å². The van der Waals surface area contributed by atoms with Gasteiger partial charge in [0.2, 0.25) is 0 Å². The van der Waals surface area contributed by atoms with Crippen LogP contribution < -0.4 is 14.4 Å². The summed E-state index contributed by atoms with van der Waals surface area (Å²) in [6.45, 7) is 9.04. The third-order valence-corrected chi connectivity index (χ3v) is 7.85. The Morgan fingerprint density at radius 3 is 2.50 bits per heavy atom. The van der Waals surface area contributed by atoms with Gasteiger partial charge in [0.1, 0.15) is 17.3 Å². The van der Waals surface area contributed by atoms with E-state index in [-0.39, 0.29) is 11.3 Å². The predicted octanol–water partition coefficient (Wildman–Crippen LogP) is 7.12. The maximum absolute atomic E-state index is 13.6. The highest BCUT2D eigenvalue weighted by Crippen LogP contribution is 2.45. The average molecular weight is 557 g/mol. The molecule has 0 saturated carbocycles. The Morgan fingerprint density at radius 1 is 1.00 bits per heavy atom. The van der Waals surface area contributed by atoms with E-state index >= 15 is 0 Å². The van der Waals surface area contributed by atoms with E-state index in [2.05, 4.69) is 6.92 Å². The predicted molar refractivity (Wildman–Crippen MR) is 158 cm³/mol. The molecule has 1 atom stereocenters. The summed E-state index contributed by atoms with van der Waals surface area (Å²) in [5.74, 6) is -0.468. The number of ether oxygens (including phenoxy) is 2. The number of unbranched alkanes of at least 4 members (excludes halogenated alkanes) is 1. The summed E-state index contributed by atoms with van der Waals surface area (Å²) in [6.07, 6.45) is 1.91. The van der Waals surface area contributed by atoms with Crippen molar-refractivity contribution in [1.29, 1.82) is 0 Å². The fraction of sp³-hybridized carbons (Fsp3) is 0.281. The zero-order valence-electron chi connectivity index (χ0n) is 23.1. The van der Waals surface area contributed by atoms with Gasteiger partial charge in [0.15, 0.2) is 5.13 Å². The number of thiazole rings is 1. The van der Waals surface area contributed by atoms with Crippen molar-refractivity contribution in [3.05, 3.63) is 88.5 Å². The number of ketones is 1. The van der Waals surface area contributed by atoms with Crippen LogP contribution in [-0.2, 0) is 9.59 Å². The smallest absolute Gasteiger partial charge is 0.301 e. The fourth-order valence-electron chi connectivity index (χ4n) is 4.95. The molecule has 1 amide bonds. The lowest BCUT2D eigenvalue weighted by atomic mass is 9.95. The van der Waals surface area contributed by atoms with Gasteiger partial charge in [-0.05, 0) is 86.3 Å². The van der Waals surface area contributed by atoms with Gasteiger partial charge in [-0.1, -0.05) is 42.9 Å². The van der Waals surface area contributed by atoms with E-state index in [1.165, 1.54) is 16.2 Å². The molecule has 3 aromatic carbocycles. The summed E-state index contributed by atoms with van der Waals surface area (Å²) >= 11 is 1.35. The van der Waals surface area contributed by atoms with Gasteiger partial charge in [0, 0.05) is 5.56 Å². The summed E-state index contributed by atoms with van der Waals surface area (Å²) in [7, 11) is 0. The number of aryl methyl sites for hydroxylation is 2. The number of carbonyl (C=O) groups excluding carboxylic acids is 2. The van der Waals surface area contributed by atoms with Gasteiger partial charge in [0.25, 0.3) is 5.78 Å². The first-order valence-electron chi connectivity index (χ1n) is 13.5. The van der Waals surface area contributed by atoms with Gasteiger partial charge in [-0.3, -0.25) is 14.5 Å². The second-order valence-corrected chi connectivity index (χ2v) is 10.8. The normalized spacial score (nSPS) is 16.6. The second kappa shape index (κ2) is 11.5. The van der Waals surface area contributed by atoms with Crippen LogP contribution in [0.15, 0.2) is 66.2 Å². The lowest BCUT2D eigenvalue weighted by molar-refractivity contribution is -0.132. The molecule has 1 aliphatic rings. The van der Waals surface area contributed by atoms with E-state index in [9.17, 15) is 14.7 Å². The van der Waals surface area contributed by atoms with Crippen molar-refractivity contribution in [2.24, 2.45) is 0 Å². The monoisotopic (exact) mass is 556 g/mol. The lowest BCUT2D eigenvalue weighted by Gasteiger charge is -2.23. The number of amides is 1. The first kappa shape index (κ1) is 27.4. The van der Waals surface area contributed by atoms with E-state index in [0.717, 1.165) is 34.2 Å². The number of benzene rings is 3. The van der Waals surface area contributed by atoms with Crippen molar-refractivity contribution < 1.29 is 24.2 Å². The lowest BCUT2D eigenvalue weighted by Crippen LogP contribution is -2.29. The third kappa shape index (κ3) is 5.19. The zero-order valence-corrected chi connectivity index (χ0v) is 23.9. The maximum Gasteiger partial charge on any atom is 0.301 e. The Bertz CT molecular complexity index is 1610. The Labute approximate surface area is 237 Å². The molecule has 5 rings (SSSR count). The molecule has 1 unspecified atom stereocenters. The summed E-state index contributed by atoms with van der Waals surface area (Å²) in [6, 6.07) is 17.3. The van der Waals surface area contributed by atoms with Crippen molar-refractivity contribution in [2.75, 3.05) is 18.1 Å². The molecule has 8 heteroatoms. The molecule has 1 aliphatic heterocycles. The van der Waals surface area contributed by atoms with Crippen LogP contribution in [0.5, 0.6) is 11.5 Å². The number of carbonyl (C=O) groups is 2. The Morgan fingerprint density at radius 2 is 1.77 bits per heavy atom. The largest absolute Gasteiger partial charge is 0.507 e. The SMILES string of the molecule is CCCCOc1cccc(C2/C(=C(\O)c3ccc(OCC)cc3)C(=O)C(=O)N2c2nc3c(C)cc(C)cc3s2)c1. The third-order valence-electron chi connectivity index (χ3n) is 6.85. The number of aliphatic hydroxyl groups excluding tert-OH is 1. The number of fused-ring (bicyclic) bond motifs is 1. The number of aromatic nitrogens is 1. The van der Waals surface area contributed by atoms with Crippen molar-refractivity contribution in [3.63, 3.8) is 0 Å². The molecule has 7 nitrogen and oxygen atoms in total. The minimum atomic E-state index is -0.886. The number of Topliss-reactive ketones (excluding diaryl/α,β-unsaturated/α-hetero) is 1. The van der Waals surface area contributed by atoms with Gasteiger partial charge in [-0.25, -0.2) is 4.98 Å². The molecular weight excluding hydrogens is 524 g/mol. The second-order valence-electron chi connectivity index (χ2n) is 9.83. The van der Waals surface area contributed by atoms with Crippen molar-refractivity contribution >= 4 is 44.1 Å². The Kier molecular flexibility index (Phi) is 7.89. The zero-order chi connectivity index (χ0) is 28.4. The molecule has 40 heavy (non-hydrogen) atoms. The van der Waals surface area contributed by atoms with Crippen LogP contribution in [0, 0.1) is 13.8 Å².